The summed E-state index contributed by atoms with van der Waals surface area (Å²) in [4.78, 5) is 12.5. The summed E-state index contributed by atoms with van der Waals surface area (Å²) in [6.07, 6.45) is 2.95. The number of sulfonamides is 1. The molecule has 0 bridgehead atoms. The standard InChI is InChI=1S/C20H22N2O3S/c23-20(21-19-11-5-2-6-12-19)18-10-7-14-22(16-18)26(24,25)15-13-17-8-3-1-4-9-17/h1-6,8-9,11-13,15,18H,7,10,14,16H2,(H,21,23)/b15-13+. The molecule has 1 saturated heterocycles. The number of hydrogen-bond acceptors (Lipinski definition) is 3. The Hall–Kier alpha value is -2.44. The summed E-state index contributed by atoms with van der Waals surface area (Å²) in [5.74, 6) is -0.480. The van der Waals surface area contributed by atoms with E-state index in [1.165, 1.54) is 9.71 Å². The third-order valence-electron chi connectivity index (χ3n) is 4.39. The Bertz CT molecular complexity index is 864. The molecule has 0 radical (unpaired) electrons. The van der Waals surface area contributed by atoms with Crippen molar-refractivity contribution in [2.45, 2.75) is 12.8 Å². The van der Waals surface area contributed by atoms with Gasteiger partial charge in [-0.2, -0.15) is 4.31 Å². The molecular weight excluding hydrogens is 348 g/mol. The molecule has 1 aliphatic heterocycles. The molecule has 1 amide bonds. The molecule has 1 heterocycles. The maximum absolute atomic E-state index is 12.6. The van der Waals surface area contributed by atoms with E-state index < -0.39 is 10.0 Å². The monoisotopic (exact) mass is 370 g/mol. The van der Waals surface area contributed by atoms with Crippen LogP contribution < -0.4 is 5.32 Å². The first-order valence-corrected chi connectivity index (χ1v) is 10.1. The van der Waals surface area contributed by atoms with Gasteiger partial charge in [0.15, 0.2) is 0 Å². The van der Waals surface area contributed by atoms with E-state index in [4.69, 9.17) is 0 Å². The number of benzene rings is 2. The van der Waals surface area contributed by atoms with E-state index in [1.54, 1.807) is 6.08 Å². The first-order chi connectivity index (χ1) is 12.5. The smallest absolute Gasteiger partial charge is 0.236 e. The van der Waals surface area contributed by atoms with Gasteiger partial charge >= 0.3 is 0 Å². The number of rotatable bonds is 5. The number of nitrogens with one attached hydrogen (secondary N) is 1. The van der Waals surface area contributed by atoms with Crippen molar-refractivity contribution in [2.24, 2.45) is 5.92 Å². The van der Waals surface area contributed by atoms with E-state index in [-0.39, 0.29) is 18.4 Å². The molecule has 2 aromatic rings. The SMILES string of the molecule is O=C(Nc1ccccc1)C1CCCN(S(=O)(=O)/C=C/c2ccccc2)C1. The summed E-state index contributed by atoms with van der Waals surface area (Å²) in [5, 5.41) is 4.09. The normalized spacial score (nSPS) is 18.7. The van der Waals surface area contributed by atoms with Crippen molar-refractivity contribution in [2.75, 3.05) is 18.4 Å². The molecule has 6 heteroatoms. The molecule has 1 fully saturated rings. The van der Waals surface area contributed by atoms with Crippen molar-refractivity contribution in [3.63, 3.8) is 0 Å². The van der Waals surface area contributed by atoms with E-state index in [2.05, 4.69) is 5.32 Å². The third-order valence-corrected chi connectivity index (χ3v) is 5.92. The van der Waals surface area contributed by atoms with Crippen LogP contribution in [0.1, 0.15) is 18.4 Å². The Morgan fingerprint density at radius 1 is 1.04 bits per heavy atom. The molecule has 3 rings (SSSR count). The Kier molecular flexibility index (Phi) is 5.85. The van der Waals surface area contributed by atoms with Gasteiger partial charge in [0.25, 0.3) is 0 Å². The molecular formula is C20H22N2O3S. The van der Waals surface area contributed by atoms with Crippen molar-refractivity contribution in [1.82, 2.24) is 4.31 Å². The molecule has 5 nitrogen and oxygen atoms in total. The van der Waals surface area contributed by atoms with Gasteiger partial charge < -0.3 is 5.32 Å². The van der Waals surface area contributed by atoms with Crippen LogP contribution in [0.25, 0.3) is 6.08 Å². The predicted octanol–water partition coefficient (Wildman–Crippen LogP) is 3.34. The zero-order chi connectivity index (χ0) is 18.4. The molecule has 1 N–H and O–H groups in total. The second-order valence-electron chi connectivity index (χ2n) is 6.31. The van der Waals surface area contributed by atoms with Gasteiger partial charge in [-0.05, 0) is 36.6 Å². The number of para-hydroxylation sites is 1. The highest BCUT2D eigenvalue weighted by Crippen LogP contribution is 2.22. The van der Waals surface area contributed by atoms with E-state index >= 15 is 0 Å². The molecule has 0 saturated carbocycles. The summed E-state index contributed by atoms with van der Waals surface area (Å²) < 4.78 is 26.6. The van der Waals surface area contributed by atoms with Gasteiger partial charge in [-0.15, -0.1) is 0 Å². The first kappa shape index (κ1) is 18.4. The summed E-state index contributed by atoms with van der Waals surface area (Å²) in [6.45, 7) is 0.650. The fraction of sp³-hybridized carbons (Fsp3) is 0.250. The molecule has 0 aliphatic carbocycles. The highest BCUT2D eigenvalue weighted by molar-refractivity contribution is 7.92. The van der Waals surface area contributed by atoms with Crippen molar-refractivity contribution in [3.05, 3.63) is 71.6 Å². The maximum Gasteiger partial charge on any atom is 0.236 e. The van der Waals surface area contributed by atoms with E-state index in [9.17, 15) is 13.2 Å². The van der Waals surface area contributed by atoms with Gasteiger partial charge in [0.05, 0.1) is 5.92 Å². The van der Waals surface area contributed by atoms with Crippen LogP contribution >= 0.6 is 0 Å². The number of anilines is 1. The van der Waals surface area contributed by atoms with Crippen LogP contribution in [-0.2, 0) is 14.8 Å². The highest BCUT2D eigenvalue weighted by Gasteiger charge is 2.31. The van der Waals surface area contributed by atoms with Gasteiger partial charge in [0.2, 0.25) is 15.9 Å². The minimum atomic E-state index is -3.55. The quantitative estimate of drug-likeness (QED) is 0.878. The Morgan fingerprint density at radius 2 is 1.69 bits per heavy atom. The van der Waals surface area contributed by atoms with Gasteiger partial charge in [0, 0.05) is 24.2 Å². The number of hydrogen-bond donors (Lipinski definition) is 1. The topological polar surface area (TPSA) is 66.5 Å². The van der Waals surface area contributed by atoms with Crippen LogP contribution in [0.2, 0.25) is 0 Å². The molecule has 0 aromatic heterocycles. The zero-order valence-electron chi connectivity index (χ0n) is 14.4. The molecule has 1 unspecified atom stereocenters. The van der Waals surface area contributed by atoms with Crippen LogP contribution in [0, 0.1) is 5.92 Å². The third kappa shape index (κ3) is 4.80. The van der Waals surface area contributed by atoms with E-state index in [1.807, 2.05) is 60.7 Å². The zero-order valence-corrected chi connectivity index (χ0v) is 15.2. The summed E-state index contributed by atoms with van der Waals surface area (Å²) in [7, 11) is -3.55. The lowest BCUT2D eigenvalue weighted by molar-refractivity contribution is -0.120. The highest BCUT2D eigenvalue weighted by atomic mass is 32.2. The molecule has 136 valence electrons. The lowest BCUT2D eigenvalue weighted by atomic mass is 9.99. The van der Waals surface area contributed by atoms with Crippen molar-refractivity contribution in [1.29, 1.82) is 0 Å². The fourth-order valence-electron chi connectivity index (χ4n) is 2.97. The first-order valence-electron chi connectivity index (χ1n) is 8.64. The van der Waals surface area contributed by atoms with E-state index in [0.29, 0.717) is 19.4 Å². The van der Waals surface area contributed by atoms with Gasteiger partial charge in [-0.3, -0.25) is 4.79 Å². The largest absolute Gasteiger partial charge is 0.326 e. The molecule has 26 heavy (non-hydrogen) atoms. The van der Waals surface area contributed by atoms with Crippen LogP contribution in [0.3, 0.4) is 0 Å². The molecule has 0 spiro atoms. The van der Waals surface area contributed by atoms with Gasteiger partial charge in [0.1, 0.15) is 0 Å². The molecule has 2 aromatic carbocycles. The number of piperidine rings is 1. The Morgan fingerprint density at radius 3 is 2.38 bits per heavy atom. The lowest BCUT2D eigenvalue weighted by Gasteiger charge is -2.30. The number of amides is 1. The summed E-state index contributed by atoms with van der Waals surface area (Å²) >= 11 is 0. The van der Waals surface area contributed by atoms with Crippen molar-refractivity contribution in [3.8, 4) is 0 Å². The Labute approximate surface area is 154 Å². The van der Waals surface area contributed by atoms with Gasteiger partial charge in [-0.1, -0.05) is 48.5 Å². The minimum Gasteiger partial charge on any atom is -0.326 e. The van der Waals surface area contributed by atoms with Crippen molar-refractivity contribution >= 4 is 27.7 Å². The average Bonchev–Trinajstić information content (AvgIpc) is 2.68. The Balaban J connectivity index is 1.65. The second kappa shape index (κ2) is 8.29. The van der Waals surface area contributed by atoms with E-state index in [0.717, 1.165) is 11.3 Å². The average molecular weight is 370 g/mol. The van der Waals surface area contributed by atoms with Crippen molar-refractivity contribution < 1.29 is 13.2 Å². The molecule has 1 aliphatic rings. The van der Waals surface area contributed by atoms with Crippen LogP contribution in [0.4, 0.5) is 5.69 Å². The maximum atomic E-state index is 12.6. The lowest BCUT2D eigenvalue weighted by Crippen LogP contribution is -2.43. The van der Waals surface area contributed by atoms with Gasteiger partial charge in [-0.25, -0.2) is 8.42 Å². The number of nitrogens with zero attached hydrogens (tertiary/aromatic N) is 1. The minimum absolute atomic E-state index is 0.136. The number of carbonyl (C=O) groups is 1. The van der Waals surface area contributed by atoms with Crippen LogP contribution in [-0.4, -0.2) is 31.7 Å². The summed E-state index contributed by atoms with van der Waals surface area (Å²) in [5.41, 5.74) is 1.55. The van der Waals surface area contributed by atoms with Crippen LogP contribution in [0.5, 0.6) is 0 Å². The van der Waals surface area contributed by atoms with Crippen LogP contribution in [0.15, 0.2) is 66.1 Å². The molecule has 1 atom stereocenters. The number of carbonyl (C=O) groups excluding carboxylic acids is 1. The second-order valence-corrected chi connectivity index (χ2v) is 8.13. The fourth-order valence-corrected chi connectivity index (χ4v) is 4.24. The predicted molar refractivity (Wildman–Crippen MR) is 104 cm³/mol. The summed E-state index contributed by atoms with van der Waals surface area (Å²) in [6, 6.07) is 18.5.